The molecule has 0 aliphatic carbocycles. The minimum Gasteiger partial charge on any atom is -0.379 e. The number of rotatable bonds is 0. The molecule has 0 amide bonds. The predicted octanol–water partition coefficient (Wildman–Crippen LogP) is 0.155. The largest absolute Gasteiger partial charge is 0.379 e. The lowest BCUT2D eigenvalue weighted by Crippen LogP contribution is -2.63. The maximum Gasteiger partial charge on any atom is 0.0671 e. The van der Waals surface area contributed by atoms with Gasteiger partial charge in [-0.2, -0.15) is 0 Å². The van der Waals surface area contributed by atoms with Gasteiger partial charge in [0.05, 0.1) is 18.8 Å². The van der Waals surface area contributed by atoms with Gasteiger partial charge in [-0.1, -0.05) is 0 Å². The highest BCUT2D eigenvalue weighted by atomic mass is 16.5. The maximum absolute atomic E-state index is 5.49. The fourth-order valence-corrected chi connectivity index (χ4v) is 1.56. The van der Waals surface area contributed by atoms with Crippen molar-refractivity contribution in [1.29, 1.82) is 0 Å². The Bertz CT molecular complexity index is 124. The number of ether oxygens (including phenoxy) is 2. The van der Waals surface area contributed by atoms with Crippen LogP contribution in [0.15, 0.2) is 0 Å². The molecule has 11 heavy (non-hydrogen) atoms. The van der Waals surface area contributed by atoms with E-state index in [1.807, 2.05) is 0 Å². The van der Waals surface area contributed by atoms with Gasteiger partial charge in [-0.15, -0.1) is 0 Å². The molecule has 1 N–H and O–H groups in total. The lowest BCUT2D eigenvalue weighted by atomic mass is 9.89. The quantitative estimate of drug-likeness (QED) is 0.543. The molecule has 3 nitrogen and oxygen atoms in total. The molecule has 0 radical (unpaired) electrons. The summed E-state index contributed by atoms with van der Waals surface area (Å²) in [4.78, 5) is 0. The summed E-state index contributed by atoms with van der Waals surface area (Å²) < 4.78 is 11.0. The zero-order chi connectivity index (χ0) is 7.57. The van der Waals surface area contributed by atoms with Crippen molar-refractivity contribution in [2.24, 2.45) is 0 Å². The van der Waals surface area contributed by atoms with Crippen molar-refractivity contribution in [3.8, 4) is 0 Å². The van der Waals surface area contributed by atoms with Crippen LogP contribution < -0.4 is 5.32 Å². The molecule has 2 fully saturated rings. The Morgan fingerprint density at radius 3 is 2.18 bits per heavy atom. The highest BCUT2D eigenvalue weighted by molar-refractivity contribution is 4.96. The second-order valence-corrected chi connectivity index (χ2v) is 3.42. The molecule has 0 aromatic heterocycles. The Morgan fingerprint density at radius 2 is 1.73 bits per heavy atom. The summed E-state index contributed by atoms with van der Waals surface area (Å²) >= 11 is 0. The van der Waals surface area contributed by atoms with Crippen molar-refractivity contribution >= 4 is 0 Å². The Balaban J connectivity index is 1.86. The van der Waals surface area contributed by atoms with E-state index in [0.717, 1.165) is 39.4 Å². The zero-order valence-electron chi connectivity index (χ0n) is 6.77. The van der Waals surface area contributed by atoms with Crippen LogP contribution in [0.2, 0.25) is 0 Å². The van der Waals surface area contributed by atoms with Gasteiger partial charge >= 0.3 is 0 Å². The van der Waals surface area contributed by atoms with Crippen molar-refractivity contribution in [3.05, 3.63) is 0 Å². The van der Waals surface area contributed by atoms with Crippen molar-refractivity contribution < 1.29 is 9.47 Å². The van der Waals surface area contributed by atoms with Crippen LogP contribution in [0.5, 0.6) is 0 Å². The van der Waals surface area contributed by atoms with Crippen LogP contribution >= 0.6 is 0 Å². The summed E-state index contributed by atoms with van der Waals surface area (Å²) in [6.07, 6.45) is 2.24. The molecule has 1 spiro atoms. The van der Waals surface area contributed by atoms with Crippen molar-refractivity contribution in [1.82, 2.24) is 5.32 Å². The molecule has 3 heteroatoms. The van der Waals surface area contributed by atoms with E-state index in [4.69, 9.17) is 9.47 Å². The van der Waals surface area contributed by atoms with E-state index >= 15 is 0 Å². The minimum atomic E-state index is 0.181. The van der Waals surface area contributed by atoms with Crippen LogP contribution in [-0.2, 0) is 9.47 Å². The van der Waals surface area contributed by atoms with Crippen molar-refractivity contribution in [2.75, 3.05) is 33.0 Å². The monoisotopic (exact) mass is 157 g/mol. The predicted molar refractivity (Wildman–Crippen MR) is 41.6 cm³/mol. The third-order valence-corrected chi connectivity index (χ3v) is 2.44. The van der Waals surface area contributed by atoms with Crippen LogP contribution in [0.3, 0.4) is 0 Å². The van der Waals surface area contributed by atoms with Crippen molar-refractivity contribution in [2.45, 2.75) is 18.4 Å². The number of hydrogen-bond acceptors (Lipinski definition) is 3. The summed E-state index contributed by atoms with van der Waals surface area (Å²) in [6.45, 7) is 4.47. The Labute approximate surface area is 67.1 Å². The first-order valence-electron chi connectivity index (χ1n) is 4.32. The lowest BCUT2D eigenvalue weighted by Gasteiger charge is -2.43. The first kappa shape index (κ1) is 7.53. The number of nitrogens with one attached hydrogen (secondary N) is 1. The Hall–Kier alpha value is -0.120. The molecule has 2 heterocycles. The minimum absolute atomic E-state index is 0.181. The van der Waals surface area contributed by atoms with E-state index in [1.165, 1.54) is 6.42 Å². The van der Waals surface area contributed by atoms with E-state index in [1.54, 1.807) is 0 Å². The maximum atomic E-state index is 5.49. The van der Waals surface area contributed by atoms with E-state index in [9.17, 15) is 0 Å². The SMILES string of the molecule is C1COCC2(CCN2)COC1. The first-order valence-corrected chi connectivity index (χ1v) is 4.32. The average molecular weight is 157 g/mol. The van der Waals surface area contributed by atoms with Gasteiger partial charge in [0.15, 0.2) is 0 Å². The smallest absolute Gasteiger partial charge is 0.0671 e. The lowest BCUT2D eigenvalue weighted by molar-refractivity contribution is -0.0537. The van der Waals surface area contributed by atoms with Crippen LogP contribution in [-0.4, -0.2) is 38.5 Å². The van der Waals surface area contributed by atoms with Crippen LogP contribution in [0.4, 0.5) is 0 Å². The third kappa shape index (κ3) is 1.55. The Morgan fingerprint density at radius 1 is 1.09 bits per heavy atom. The fourth-order valence-electron chi connectivity index (χ4n) is 1.56. The topological polar surface area (TPSA) is 30.5 Å². The van der Waals surface area contributed by atoms with Crippen LogP contribution in [0.1, 0.15) is 12.8 Å². The van der Waals surface area contributed by atoms with Gasteiger partial charge in [-0.05, 0) is 19.4 Å². The van der Waals surface area contributed by atoms with Gasteiger partial charge in [0.2, 0.25) is 0 Å². The normalized spacial score (nSPS) is 30.5. The molecule has 2 rings (SSSR count). The molecular weight excluding hydrogens is 142 g/mol. The van der Waals surface area contributed by atoms with Gasteiger partial charge < -0.3 is 14.8 Å². The molecule has 0 unspecified atom stereocenters. The van der Waals surface area contributed by atoms with Crippen molar-refractivity contribution in [3.63, 3.8) is 0 Å². The summed E-state index contributed by atoms with van der Waals surface area (Å²) in [6, 6.07) is 0. The molecular formula is C8H15NO2. The van der Waals surface area contributed by atoms with Gasteiger partial charge in [-0.25, -0.2) is 0 Å². The molecule has 64 valence electrons. The van der Waals surface area contributed by atoms with E-state index in [0.29, 0.717) is 0 Å². The molecule has 0 atom stereocenters. The molecule has 0 aromatic carbocycles. The molecule has 2 saturated heterocycles. The second kappa shape index (κ2) is 3.09. The summed E-state index contributed by atoms with van der Waals surface area (Å²) in [5, 5.41) is 3.38. The fraction of sp³-hybridized carbons (Fsp3) is 1.00. The second-order valence-electron chi connectivity index (χ2n) is 3.42. The standard InChI is InChI=1S/C8H15NO2/c1-4-10-6-8(2-3-9-8)7-11-5-1/h9H,1-7H2. The third-order valence-electron chi connectivity index (χ3n) is 2.44. The van der Waals surface area contributed by atoms with Gasteiger partial charge in [0.25, 0.3) is 0 Å². The van der Waals surface area contributed by atoms with Crippen LogP contribution in [0, 0.1) is 0 Å². The first-order chi connectivity index (χ1) is 5.41. The van der Waals surface area contributed by atoms with E-state index in [-0.39, 0.29) is 5.54 Å². The number of hydrogen-bond donors (Lipinski definition) is 1. The summed E-state index contributed by atoms with van der Waals surface area (Å²) in [7, 11) is 0. The molecule has 2 aliphatic rings. The zero-order valence-corrected chi connectivity index (χ0v) is 6.77. The van der Waals surface area contributed by atoms with Gasteiger partial charge in [0, 0.05) is 13.2 Å². The van der Waals surface area contributed by atoms with E-state index in [2.05, 4.69) is 5.32 Å². The summed E-state index contributed by atoms with van der Waals surface area (Å²) in [5.41, 5.74) is 0.181. The van der Waals surface area contributed by atoms with E-state index < -0.39 is 0 Å². The Kier molecular flexibility index (Phi) is 2.11. The molecule has 2 aliphatic heterocycles. The molecule has 0 aromatic rings. The van der Waals surface area contributed by atoms with Gasteiger partial charge in [0.1, 0.15) is 0 Å². The summed E-state index contributed by atoms with van der Waals surface area (Å²) in [5.74, 6) is 0. The average Bonchev–Trinajstić information content (AvgIpc) is 1.82. The molecule has 0 bridgehead atoms. The highest BCUT2D eigenvalue weighted by Gasteiger charge is 2.37. The molecule has 0 saturated carbocycles. The highest BCUT2D eigenvalue weighted by Crippen LogP contribution is 2.20. The van der Waals surface area contributed by atoms with Gasteiger partial charge in [-0.3, -0.25) is 0 Å². The van der Waals surface area contributed by atoms with Crippen LogP contribution in [0.25, 0.3) is 0 Å².